The third-order valence-electron chi connectivity index (χ3n) is 2.76. The molecule has 0 saturated heterocycles. The van der Waals surface area contributed by atoms with Gasteiger partial charge in [0.05, 0.1) is 11.1 Å². The first kappa shape index (κ1) is 12.8. The van der Waals surface area contributed by atoms with Crippen molar-refractivity contribution in [1.29, 1.82) is 0 Å². The van der Waals surface area contributed by atoms with Crippen molar-refractivity contribution in [3.05, 3.63) is 47.2 Å². The molecule has 0 radical (unpaired) electrons. The van der Waals surface area contributed by atoms with Crippen molar-refractivity contribution in [2.75, 3.05) is 5.32 Å². The van der Waals surface area contributed by atoms with Crippen molar-refractivity contribution in [3.63, 3.8) is 0 Å². The average Bonchev–Trinajstić information content (AvgIpc) is 2.68. The van der Waals surface area contributed by atoms with E-state index in [4.69, 9.17) is 5.11 Å². The van der Waals surface area contributed by atoms with E-state index in [0.717, 1.165) is 5.69 Å². The van der Waals surface area contributed by atoms with Crippen LogP contribution in [0.3, 0.4) is 0 Å². The SMILES string of the molecule is Cc1cc(NC(=O)c2ccccc2C(=O)O)nn1C. The van der Waals surface area contributed by atoms with Gasteiger partial charge in [-0.05, 0) is 19.1 Å². The number of aryl methyl sites for hydroxylation is 2. The molecule has 0 fully saturated rings. The summed E-state index contributed by atoms with van der Waals surface area (Å²) in [5, 5.41) is 15.7. The van der Waals surface area contributed by atoms with E-state index in [0.29, 0.717) is 5.82 Å². The molecule has 1 aromatic carbocycles. The van der Waals surface area contributed by atoms with Gasteiger partial charge in [0.25, 0.3) is 5.91 Å². The highest BCUT2D eigenvalue weighted by atomic mass is 16.4. The van der Waals surface area contributed by atoms with E-state index < -0.39 is 11.9 Å². The average molecular weight is 259 g/mol. The van der Waals surface area contributed by atoms with Gasteiger partial charge in [-0.15, -0.1) is 0 Å². The Kier molecular flexibility index (Phi) is 3.33. The molecule has 0 aliphatic rings. The third-order valence-corrected chi connectivity index (χ3v) is 2.76. The van der Waals surface area contributed by atoms with Crippen molar-refractivity contribution in [1.82, 2.24) is 9.78 Å². The minimum absolute atomic E-state index is 0.0346. The van der Waals surface area contributed by atoms with Crippen LogP contribution in [-0.2, 0) is 7.05 Å². The maximum Gasteiger partial charge on any atom is 0.336 e. The number of anilines is 1. The molecule has 19 heavy (non-hydrogen) atoms. The van der Waals surface area contributed by atoms with E-state index in [1.54, 1.807) is 29.9 Å². The summed E-state index contributed by atoms with van der Waals surface area (Å²) in [6, 6.07) is 7.76. The fraction of sp³-hybridized carbons (Fsp3) is 0.154. The first-order chi connectivity index (χ1) is 8.99. The Bertz CT molecular complexity index is 627. The minimum atomic E-state index is -1.14. The van der Waals surface area contributed by atoms with Crippen molar-refractivity contribution in [2.24, 2.45) is 7.05 Å². The van der Waals surface area contributed by atoms with Crippen LogP contribution in [0.1, 0.15) is 26.4 Å². The highest BCUT2D eigenvalue weighted by Gasteiger charge is 2.16. The van der Waals surface area contributed by atoms with Gasteiger partial charge in [-0.3, -0.25) is 9.48 Å². The van der Waals surface area contributed by atoms with E-state index >= 15 is 0 Å². The molecule has 6 nitrogen and oxygen atoms in total. The number of carboxylic acid groups (broad SMARTS) is 1. The number of amides is 1. The predicted octanol–water partition coefficient (Wildman–Crippen LogP) is 1.68. The Morgan fingerprint density at radius 1 is 1.26 bits per heavy atom. The molecular weight excluding hydrogens is 246 g/mol. The molecule has 0 saturated carbocycles. The van der Waals surface area contributed by atoms with Crippen molar-refractivity contribution in [2.45, 2.75) is 6.92 Å². The molecule has 1 heterocycles. The first-order valence-electron chi connectivity index (χ1n) is 5.63. The van der Waals surface area contributed by atoms with Crippen LogP contribution in [0.5, 0.6) is 0 Å². The molecule has 2 rings (SSSR count). The number of carbonyl (C=O) groups is 2. The van der Waals surface area contributed by atoms with Gasteiger partial charge in [0.1, 0.15) is 0 Å². The third kappa shape index (κ3) is 2.62. The van der Waals surface area contributed by atoms with Crippen molar-refractivity contribution >= 4 is 17.7 Å². The smallest absolute Gasteiger partial charge is 0.336 e. The Labute approximate surface area is 109 Å². The summed E-state index contributed by atoms with van der Waals surface area (Å²) >= 11 is 0. The highest BCUT2D eigenvalue weighted by Crippen LogP contribution is 2.13. The maximum absolute atomic E-state index is 12.0. The number of carboxylic acids is 1. The lowest BCUT2D eigenvalue weighted by Crippen LogP contribution is -2.16. The number of hydrogen-bond donors (Lipinski definition) is 2. The molecule has 1 aromatic heterocycles. The Morgan fingerprint density at radius 2 is 1.89 bits per heavy atom. The highest BCUT2D eigenvalue weighted by molar-refractivity contribution is 6.10. The number of hydrogen-bond acceptors (Lipinski definition) is 3. The number of carbonyl (C=O) groups excluding carboxylic acids is 1. The number of benzene rings is 1. The normalized spacial score (nSPS) is 10.2. The van der Waals surface area contributed by atoms with E-state index in [1.807, 2.05) is 6.92 Å². The molecule has 1 amide bonds. The second kappa shape index (κ2) is 4.93. The Morgan fingerprint density at radius 3 is 2.42 bits per heavy atom. The van der Waals surface area contributed by atoms with Crippen molar-refractivity contribution in [3.8, 4) is 0 Å². The van der Waals surface area contributed by atoms with Crippen LogP contribution in [0, 0.1) is 6.92 Å². The Balaban J connectivity index is 2.28. The zero-order valence-electron chi connectivity index (χ0n) is 10.5. The van der Waals surface area contributed by atoms with E-state index in [9.17, 15) is 9.59 Å². The van der Waals surface area contributed by atoms with Gasteiger partial charge in [0.2, 0.25) is 0 Å². The van der Waals surface area contributed by atoms with Crippen LogP contribution in [-0.4, -0.2) is 26.8 Å². The molecule has 0 atom stereocenters. The first-order valence-corrected chi connectivity index (χ1v) is 5.63. The van der Waals surface area contributed by atoms with Crippen LogP contribution in [0.4, 0.5) is 5.82 Å². The Hall–Kier alpha value is -2.63. The molecule has 0 unspecified atom stereocenters. The molecule has 0 bridgehead atoms. The lowest BCUT2D eigenvalue weighted by Gasteiger charge is -2.05. The maximum atomic E-state index is 12.0. The van der Waals surface area contributed by atoms with Crippen LogP contribution in [0.25, 0.3) is 0 Å². The molecule has 0 spiro atoms. The zero-order valence-corrected chi connectivity index (χ0v) is 10.5. The fourth-order valence-electron chi connectivity index (χ4n) is 1.67. The summed E-state index contributed by atoms with van der Waals surface area (Å²) in [6.07, 6.45) is 0. The van der Waals surface area contributed by atoms with Gasteiger partial charge >= 0.3 is 5.97 Å². The van der Waals surface area contributed by atoms with Gasteiger partial charge in [-0.1, -0.05) is 12.1 Å². The number of nitrogens with one attached hydrogen (secondary N) is 1. The zero-order chi connectivity index (χ0) is 14.0. The molecule has 0 aliphatic carbocycles. The van der Waals surface area contributed by atoms with E-state index in [-0.39, 0.29) is 11.1 Å². The summed E-state index contributed by atoms with van der Waals surface area (Å²) in [5.74, 6) is -1.23. The van der Waals surface area contributed by atoms with Gasteiger partial charge in [-0.25, -0.2) is 4.79 Å². The van der Waals surface area contributed by atoms with E-state index in [2.05, 4.69) is 10.4 Å². The topological polar surface area (TPSA) is 84.2 Å². The van der Waals surface area contributed by atoms with Crippen LogP contribution in [0.2, 0.25) is 0 Å². The van der Waals surface area contributed by atoms with Crippen LogP contribution in [0.15, 0.2) is 30.3 Å². The second-order valence-electron chi connectivity index (χ2n) is 4.10. The van der Waals surface area contributed by atoms with Crippen LogP contribution >= 0.6 is 0 Å². The van der Waals surface area contributed by atoms with Crippen molar-refractivity contribution < 1.29 is 14.7 Å². The predicted molar refractivity (Wildman–Crippen MR) is 69.3 cm³/mol. The summed E-state index contributed by atoms with van der Waals surface area (Å²) in [4.78, 5) is 23.1. The molecule has 98 valence electrons. The number of aromatic carboxylic acids is 1. The lowest BCUT2D eigenvalue weighted by molar-refractivity contribution is 0.0692. The van der Waals surface area contributed by atoms with Crippen LogP contribution < -0.4 is 5.32 Å². The van der Waals surface area contributed by atoms with Gasteiger partial charge < -0.3 is 10.4 Å². The molecule has 0 aliphatic heterocycles. The standard InChI is InChI=1S/C13H13N3O3/c1-8-7-11(15-16(8)2)14-12(17)9-5-3-4-6-10(9)13(18)19/h3-7H,1-2H3,(H,18,19)(H,14,15,17). The number of rotatable bonds is 3. The van der Waals surface area contributed by atoms with E-state index in [1.165, 1.54) is 12.1 Å². The lowest BCUT2D eigenvalue weighted by atomic mass is 10.1. The number of nitrogens with zero attached hydrogens (tertiary/aromatic N) is 2. The molecule has 6 heteroatoms. The monoisotopic (exact) mass is 259 g/mol. The summed E-state index contributed by atoms with van der Waals surface area (Å²) < 4.78 is 1.62. The largest absolute Gasteiger partial charge is 0.478 e. The summed E-state index contributed by atoms with van der Waals surface area (Å²) in [5.41, 5.74) is 0.966. The van der Waals surface area contributed by atoms with Gasteiger partial charge in [-0.2, -0.15) is 5.10 Å². The summed E-state index contributed by atoms with van der Waals surface area (Å²) in [6.45, 7) is 1.86. The molecular formula is C13H13N3O3. The molecule has 2 N–H and O–H groups in total. The van der Waals surface area contributed by atoms with Gasteiger partial charge in [0, 0.05) is 18.8 Å². The second-order valence-corrected chi connectivity index (χ2v) is 4.10. The van der Waals surface area contributed by atoms with Gasteiger partial charge in [0.15, 0.2) is 5.82 Å². The summed E-state index contributed by atoms with van der Waals surface area (Å²) in [7, 11) is 1.76. The fourth-order valence-corrected chi connectivity index (χ4v) is 1.67. The minimum Gasteiger partial charge on any atom is -0.478 e. The number of aromatic nitrogens is 2. The molecule has 2 aromatic rings. The quantitative estimate of drug-likeness (QED) is 0.878.